The Bertz CT molecular complexity index is 638. The van der Waals surface area contributed by atoms with E-state index in [-0.39, 0.29) is 5.91 Å². The summed E-state index contributed by atoms with van der Waals surface area (Å²) in [5.41, 5.74) is 2.88. The lowest BCUT2D eigenvalue weighted by Gasteiger charge is -2.20. The zero-order chi connectivity index (χ0) is 13.9. The molecule has 0 radical (unpaired) electrons. The Kier molecular flexibility index (Phi) is 3.64. The van der Waals surface area contributed by atoms with E-state index < -0.39 is 0 Å². The maximum absolute atomic E-state index is 12.4. The van der Waals surface area contributed by atoms with Crippen LogP contribution in [-0.4, -0.2) is 22.6 Å². The standard InChI is InChI=1S/C14H16N4OS/c1-2-12-17-18-14(20-12)16-13(19)10-5-3-7-11-9(10)6-4-8-15-11/h3,5,7,15H,2,4,6,8H2,1H3,(H,16,18,19). The van der Waals surface area contributed by atoms with Crippen molar-refractivity contribution in [2.45, 2.75) is 26.2 Å². The van der Waals surface area contributed by atoms with Gasteiger partial charge in [0.15, 0.2) is 0 Å². The molecule has 0 unspecified atom stereocenters. The summed E-state index contributed by atoms with van der Waals surface area (Å²) in [6.45, 7) is 2.99. The summed E-state index contributed by atoms with van der Waals surface area (Å²) in [6.07, 6.45) is 2.82. The maximum atomic E-state index is 12.4. The lowest BCUT2D eigenvalue weighted by Crippen LogP contribution is -2.19. The van der Waals surface area contributed by atoms with E-state index in [0.29, 0.717) is 5.13 Å². The van der Waals surface area contributed by atoms with Gasteiger partial charge in [0.05, 0.1) is 0 Å². The quantitative estimate of drug-likeness (QED) is 0.911. The zero-order valence-corrected chi connectivity index (χ0v) is 12.1. The monoisotopic (exact) mass is 288 g/mol. The second-order valence-corrected chi connectivity index (χ2v) is 5.73. The smallest absolute Gasteiger partial charge is 0.257 e. The van der Waals surface area contributed by atoms with Gasteiger partial charge in [-0.15, -0.1) is 10.2 Å². The largest absolute Gasteiger partial charge is 0.385 e. The molecule has 0 spiro atoms. The minimum Gasteiger partial charge on any atom is -0.385 e. The van der Waals surface area contributed by atoms with Gasteiger partial charge in [-0.1, -0.05) is 24.3 Å². The Hall–Kier alpha value is -1.95. The van der Waals surface area contributed by atoms with Crippen LogP contribution in [0.2, 0.25) is 0 Å². The first-order valence-electron chi connectivity index (χ1n) is 6.77. The van der Waals surface area contributed by atoms with E-state index in [1.54, 1.807) is 0 Å². The molecule has 1 aromatic heterocycles. The highest BCUT2D eigenvalue weighted by Gasteiger charge is 2.18. The van der Waals surface area contributed by atoms with Crippen LogP contribution in [0.4, 0.5) is 10.8 Å². The van der Waals surface area contributed by atoms with Crippen LogP contribution in [0.1, 0.15) is 34.3 Å². The molecule has 1 amide bonds. The highest BCUT2D eigenvalue weighted by atomic mass is 32.1. The Morgan fingerprint density at radius 3 is 3.15 bits per heavy atom. The van der Waals surface area contributed by atoms with Gasteiger partial charge >= 0.3 is 0 Å². The SMILES string of the molecule is CCc1nnc(NC(=O)c2cccc3c2CCCN3)s1. The van der Waals surface area contributed by atoms with Crippen molar-refractivity contribution >= 4 is 28.1 Å². The summed E-state index contributed by atoms with van der Waals surface area (Å²) in [4.78, 5) is 12.4. The Balaban J connectivity index is 1.83. The number of fused-ring (bicyclic) bond motifs is 1. The molecule has 0 aliphatic carbocycles. The van der Waals surface area contributed by atoms with E-state index in [0.717, 1.165) is 47.6 Å². The fourth-order valence-corrected chi connectivity index (χ4v) is 3.01. The average molecular weight is 288 g/mol. The molecule has 1 aromatic carbocycles. The summed E-state index contributed by atoms with van der Waals surface area (Å²) in [5.74, 6) is -0.107. The number of carbonyl (C=O) groups excluding carboxylic acids is 1. The van der Waals surface area contributed by atoms with Gasteiger partial charge in [-0.2, -0.15) is 0 Å². The molecule has 0 fully saturated rings. The normalized spacial score (nSPS) is 13.4. The summed E-state index contributed by atoms with van der Waals surface area (Å²) in [7, 11) is 0. The second-order valence-electron chi connectivity index (χ2n) is 4.67. The molecule has 0 saturated carbocycles. The highest BCUT2D eigenvalue weighted by molar-refractivity contribution is 7.15. The number of nitrogens with one attached hydrogen (secondary N) is 2. The van der Waals surface area contributed by atoms with Crippen molar-refractivity contribution in [3.63, 3.8) is 0 Å². The third-order valence-corrected chi connectivity index (χ3v) is 4.31. The molecule has 0 atom stereocenters. The summed E-state index contributed by atoms with van der Waals surface area (Å²) >= 11 is 1.42. The number of nitrogens with zero attached hydrogens (tertiary/aromatic N) is 2. The van der Waals surface area contributed by atoms with Crippen LogP contribution in [0.3, 0.4) is 0 Å². The Morgan fingerprint density at radius 2 is 2.35 bits per heavy atom. The summed E-state index contributed by atoms with van der Waals surface area (Å²) < 4.78 is 0. The molecule has 2 N–H and O–H groups in total. The zero-order valence-electron chi connectivity index (χ0n) is 11.3. The number of aryl methyl sites for hydroxylation is 1. The number of hydrogen-bond acceptors (Lipinski definition) is 5. The van der Waals surface area contributed by atoms with Crippen molar-refractivity contribution in [1.82, 2.24) is 10.2 Å². The van der Waals surface area contributed by atoms with Crippen molar-refractivity contribution < 1.29 is 4.79 Å². The van der Waals surface area contributed by atoms with Gasteiger partial charge in [0.25, 0.3) is 5.91 Å². The molecule has 5 nitrogen and oxygen atoms in total. The first-order valence-corrected chi connectivity index (χ1v) is 7.59. The van der Waals surface area contributed by atoms with Crippen LogP contribution in [-0.2, 0) is 12.8 Å². The Morgan fingerprint density at radius 1 is 1.45 bits per heavy atom. The number of anilines is 2. The maximum Gasteiger partial charge on any atom is 0.257 e. The van der Waals surface area contributed by atoms with E-state index >= 15 is 0 Å². The van der Waals surface area contributed by atoms with E-state index in [2.05, 4.69) is 20.8 Å². The topological polar surface area (TPSA) is 66.9 Å². The molecule has 20 heavy (non-hydrogen) atoms. The van der Waals surface area contributed by atoms with Gasteiger partial charge in [-0.25, -0.2) is 0 Å². The minimum atomic E-state index is -0.107. The lowest BCUT2D eigenvalue weighted by molar-refractivity contribution is 0.102. The number of amides is 1. The summed E-state index contributed by atoms with van der Waals surface area (Å²) in [5, 5.41) is 15.7. The molecule has 2 heterocycles. The van der Waals surface area contributed by atoms with E-state index in [1.807, 2.05) is 25.1 Å². The van der Waals surface area contributed by atoms with Gasteiger partial charge in [0.1, 0.15) is 5.01 Å². The van der Waals surface area contributed by atoms with Crippen LogP contribution in [0.25, 0.3) is 0 Å². The average Bonchev–Trinajstić information content (AvgIpc) is 2.94. The predicted molar refractivity (Wildman–Crippen MR) is 80.5 cm³/mol. The fraction of sp³-hybridized carbons (Fsp3) is 0.357. The highest BCUT2D eigenvalue weighted by Crippen LogP contribution is 2.26. The van der Waals surface area contributed by atoms with Gasteiger partial charge in [0, 0.05) is 17.8 Å². The number of hydrogen-bond donors (Lipinski definition) is 2. The fourth-order valence-electron chi connectivity index (χ4n) is 2.33. The Labute approximate surface area is 121 Å². The summed E-state index contributed by atoms with van der Waals surface area (Å²) in [6, 6.07) is 5.79. The first kappa shape index (κ1) is 13.1. The van der Waals surface area contributed by atoms with Crippen molar-refractivity contribution in [2.24, 2.45) is 0 Å². The molecule has 0 saturated heterocycles. The molecule has 0 bridgehead atoms. The van der Waals surface area contributed by atoms with Crippen molar-refractivity contribution in [3.05, 3.63) is 34.3 Å². The number of rotatable bonds is 3. The van der Waals surface area contributed by atoms with Crippen LogP contribution < -0.4 is 10.6 Å². The van der Waals surface area contributed by atoms with E-state index in [9.17, 15) is 4.79 Å². The van der Waals surface area contributed by atoms with Crippen LogP contribution in [0.15, 0.2) is 18.2 Å². The number of carbonyl (C=O) groups is 1. The van der Waals surface area contributed by atoms with Gasteiger partial charge < -0.3 is 5.32 Å². The van der Waals surface area contributed by atoms with Crippen molar-refractivity contribution in [3.8, 4) is 0 Å². The van der Waals surface area contributed by atoms with Gasteiger partial charge in [0.2, 0.25) is 5.13 Å². The second kappa shape index (κ2) is 5.58. The van der Waals surface area contributed by atoms with E-state index in [4.69, 9.17) is 0 Å². The number of aromatic nitrogens is 2. The van der Waals surface area contributed by atoms with Crippen LogP contribution >= 0.6 is 11.3 Å². The first-order chi connectivity index (χ1) is 9.78. The van der Waals surface area contributed by atoms with Crippen LogP contribution in [0.5, 0.6) is 0 Å². The van der Waals surface area contributed by atoms with Crippen LogP contribution in [0, 0.1) is 0 Å². The van der Waals surface area contributed by atoms with Crippen molar-refractivity contribution in [2.75, 3.05) is 17.2 Å². The molecule has 2 aromatic rings. The third kappa shape index (κ3) is 2.51. The van der Waals surface area contributed by atoms with Crippen molar-refractivity contribution in [1.29, 1.82) is 0 Å². The third-order valence-electron chi connectivity index (χ3n) is 3.33. The number of benzene rings is 1. The molecule has 6 heteroatoms. The molecule has 1 aliphatic rings. The molecule has 1 aliphatic heterocycles. The molecular weight excluding hydrogens is 272 g/mol. The minimum absolute atomic E-state index is 0.107. The molecule has 104 valence electrons. The van der Waals surface area contributed by atoms with Gasteiger partial charge in [-0.05, 0) is 37.0 Å². The molecule has 3 rings (SSSR count). The van der Waals surface area contributed by atoms with Gasteiger partial charge in [-0.3, -0.25) is 10.1 Å². The van der Waals surface area contributed by atoms with E-state index in [1.165, 1.54) is 11.3 Å². The lowest BCUT2D eigenvalue weighted by atomic mass is 9.97. The molecular formula is C14H16N4OS. The predicted octanol–water partition coefficient (Wildman–Crippen LogP) is 2.71.